The van der Waals surface area contributed by atoms with Crippen molar-refractivity contribution in [2.24, 2.45) is 0 Å². The fourth-order valence-corrected chi connectivity index (χ4v) is 1.19. The Balaban J connectivity index is 2.58. The first-order valence-corrected chi connectivity index (χ1v) is 4.52. The number of nitrogens with two attached hydrogens (primary N) is 1. The van der Waals surface area contributed by atoms with Crippen molar-refractivity contribution >= 4 is 11.4 Å². The maximum absolute atomic E-state index is 12.0. The van der Waals surface area contributed by atoms with E-state index in [1.54, 1.807) is 31.3 Å². The summed E-state index contributed by atoms with van der Waals surface area (Å²) in [5, 5.41) is 0. The fourth-order valence-electron chi connectivity index (χ4n) is 1.19. The minimum Gasteiger partial charge on any atom is -0.399 e. The lowest BCUT2D eigenvalue weighted by Crippen LogP contribution is -2.23. The van der Waals surface area contributed by atoms with Crippen molar-refractivity contribution in [3.8, 4) is 0 Å². The quantitative estimate of drug-likeness (QED) is 0.790. The van der Waals surface area contributed by atoms with E-state index in [4.69, 9.17) is 5.73 Å². The molecule has 0 saturated carbocycles. The lowest BCUT2D eigenvalue weighted by molar-refractivity contribution is -0.132. The number of anilines is 2. The van der Waals surface area contributed by atoms with E-state index >= 15 is 0 Å². The minimum atomic E-state index is -4.12. The second-order valence-electron chi connectivity index (χ2n) is 3.38. The van der Waals surface area contributed by atoms with Gasteiger partial charge in [-0.2, -0.15) is 13.2 Å². The van der Waals surface area contributed by atoms with Gasteiger partial charge in [-0.15, -0.1) is 0 Å². The molecule has 0 unspecified atom stereocenters. The Kier molecular flexibility index (Phi) is 3.44. The van der Waals surface area contributed by atoms with Gasteiger partial charge in [0.2, 0.25) is 0 Å². The Morgan fingerprint density at radius 1 is 1.33 bits per heavy atom. The molecule has 0 heterocycles. The third-order valence-electron chi connectivity index (χ3n) is 2.04. The van der Waals surface area contributed by atoms with Crippen LogP contribution in [0.5, 0.6) is 0 Å². The van der Waals surface area contributed by atoms with Gasteiger partial charge in [0, 0.05) is 25.0 Å². The highest BCUT2D eigenvalue weighted by Crippen LogP contribution is 2.22. The van der Waals surface area contributed by atoms with E-state index in [-0.39, 0.29) is 6.54 Å². The molecule has 0 aliphatic carbocycles. The molecule has 0 spiro atoms. The molecule has 0 atom stereocenters. The van der Waals surface area contributed by atoms with Gasteiger partial charge >= 0.3 is 6.18 Å². The lowest BCUT2D eigenvalue weighted by atomic mass is 10.2. The van der Waals surface area contributed by atoms with Crippen molar-refractivity contribution in [1.29, 1.82) is 0 Å². The van der Waals surface area contributed by atoms with Crippen molar-refractivity contribution < 1.29 is 13.2 Å². The van der Waals surface area contributed by atoms with Crippen molar-refractivity contribution in [2.75, 3.05) is 24.2 Å². The molecular formula is C10H13F3N2. The highest BCUT2D eigenvalue weighted by molar-refractivity contribution is 5.55. The third-order valence-corrected chi connectivity index (χ3v) is 2.04. The Morgan fingerprint density at radius 2 is 2.00 bits per heavy atom. The molecule has 84 valence electrons. The topological polar surface area (TPSA) is 29.3 Å². The third kappa shape index (κ3) is 4.10. The maximum Gasteiger partial charge on any atom is 0.390 e. The van der Waals surface area contributed by atoms with Gasteiger partial charge in [-0.25, -0.2) is 0 Å². The van der Waals surface area contributed by atoms with Gasteiger partial charge in [-0.3, -0.25) is 0 Å². The zero-order valence-electron chi connectivity index (χ0n) is 8.38. The van der Waals surface area contributed by atoms with E-state index in [2.05, 4.69) is 0 Å². The number of nitrogens with zero attached hydrogens (tertiary/aromatic N) is 1. The Labute approximate surface area is 86.5 Å². The second kappa shape index (κ2) is 4.42. The molecule has 0 aliphatic heterocycles. The molecule has 0 radical (unpaired) electrons. The summed E-state index contributed by atoms with van der Waals surface area (Å²) in [5.74, 6) is 0. The highest BCUT2D eigenvalue weighted by atomic mass is 19.4. The molecule has 2 nitrogen and oxygen atoms in total. The van der Waals surface area contributed by atoms with Crippen molar-refractivity contribution in [1.82, 2.24) is 0 Å². The molecular weight excluding hydrogens is 205 g/mol. The van der Waals surface area contributed by atoms with Gasteiger partial charge in [-0.05, 0) is 18.2 Å². The van der Waals surface area contributed by atoms with E-state index < -0.39 is 12.6 Å². The average Bonchev–Trinajstić information content (AvgIpc) is 2.13. The van der Waals surface area contributed by atoms with Gasteiger partial charge in [0.25, 0.3) is 0 Å². The Hall–Kier alpha value is -1.39. The smallest absolute Gasteiger partial charge is 0.390 e. The summed E-state index contributed by atoms with van der Waals surface area (Å²) >= 11 is 0. The Morgan fingerprint density at radius 3 is 2.53 bits per heavy atom. The molecule has 0 saturated heterocycles. The van der Waals surface area contributed by atoms with E-state index in [0.717, 1.165) is 0 Å². The van der Waals surface area contributed by atoms with Crippen LogP contribution < -0.4 is 10.6 Å². The van der Waals surface area contributed by atoms with Gasteiger partial charge in [0.15, 0.2) is 0 Å². The summed E-state index contributed by atoms with van der Waals surface area (Å²) < 4.78 is 35.9. The van der Waals surface area contributed by atoms with Gasteiger partial charge in [0.1, 0.15) is 0 Å². The molecule has 0 amide bonds. The van der Waals surface area contributed by atoms with Crippen LogP contribution in [0.3, 0.4) is 0 Å². The van der Waals surface area contributed by atoms with Crippen LogP contribution in [0.1, 0.15) is 6.42 Å². The van der Waals surface area contributed by atoms with Crippen LogP contribution >= 0.6 is 0 Å². The van der Waals surface area contributed by atoms with Crippen LogP contribution in [0.25, 0.3) is 0 Å². The molecule has 5 heteroatoms. The van der Waals surface area contributed by atoms with Crippen LogP contribution in [-0.2, 0) is 0 Å². The average molecular weight is 218 g/mol. The first kappa shape index (κ1) is 11.7. The minimum absolute atomic E-state index is 0.0625. The van der Waals surface area contributed by atoms with Gasteiger partial charge < -0.3 is 10.6 Å². The van der Waals surface area contributed by atoms with Crippen LogP contribution in [-0.4, -0.2) is 19.8 Å². The number of alkyl halides is 3. The summed E-state index contributed by atoms with van der Waals surface area (Å²) in [7, 11) is 1.61. The largest absolute Gasteiger partial charge is 0.399 e. The summed E-state index contributed by atoms with van der Waals surface area (Å²) in [5.41, 5.74) is 6.77. The highest BCUT2D eigenvalue weighted by Gasteiger charge is 2.27. The Bertz CT molecular complexity index is 323. The summed E-state index contributed by atoms with van der Waals surface area (Å²) in [6, 6.07) is 6.79. The van der Waals surface area contributed by atoms with Crippen molar-refractivity contribution in [3.05, 3.63) is 24.3 Å². The fraction of sp³-hybridized carbons (Fsp3) is 0.400. The molecule has 1 rings (SSSR count). The summed E-state index contributed by atoms with van der Waals surface area (Å²) in [4.78, 5) is 1.53. The molecule has 0 aromatic heterocycles. The van der Waals surface area contributed by atoms with E-state index in [9.17, 15) is 13.2 Å². The van der Waals surface area contributed by atoms with E-state index in [0.29, 0.717) is 11.4 Å². The number of hydrogen-bond acceptors (Lipinski definition) is 2. The van der Waals surface area contributed by atoms with Crippen LogP contribution in [0.2, 0.25) is 0 Å². The zero-order chi connectivity index (χ0) is 11.5. The van der Waals surface area contributed by atoms with Crippen LogP contribution in [0.15, 0.2) is 24.3 Å². The number of benzene rings is 1. The molecule has 0 fully saturated rings. The normalized spacial score (nSPS) is 11.5. The standard InChI is InChI=1S/C10H13F3N2/c1-15(6-5-10(11,12)13)9-4-2-3-8(14)7-9/h2-4,7H,5-6,14H2,1H3. The molecule has 0 aliphatic rings. The molecule has 2 N–H and O–H groups in total. The van der Waals surface area contributed by atoms with E-state index in [1.165, 1.54) is 4.90 Å². The van der Waals surface area contributed by atoms with Crippen molar-refractivity contribution in [3.63, 3.8) is 0 Å². The predicted octanol–water partition coefficient (Wildman–Crippen LogP) is 2.66. The monoisotopic (exact) mass is 218 g/mol. The number of hydrogen-bond donors (Lipinski definition) is 1. The predicted molar refractivity (Wildman–Crippen MR) is 54.8 cm³/mol. The number of halogens is 3. The first-order valence-electron chi connectivity index (χ1n) is 4.52. The molecule has 0 bridgehead atoms. The lowest BCUT2D eigenvalue weighted by Gasteiger charge is -2.20. The van der Waals surface area contributed by atoms with Gasteiger partial charge in [-0.1, -0.05) is 6.07 Å². The van der Waals surface area contributed by atoms with Crippen LogP contribution in [0.4, 0.5) is 24.5 Å². The molecule has 1 aromatic carbocycles. The van der Waals surface area contributed by atoms with Crippen molar-refractivity contribution in [2.45, 2.75) is 12.6 Å². The summed E-state index contributed by atoms with van der Waals surface area (Å²) in [6.07, 6.45) is -4.94. The zero-order valence-corrected chi connectivity index (χ0v) is 8.38. The van der Waals surface area contributed by atoms with Gasteiger partial charge in [0.05, 0.1) is 6.42 Å². The number of nitrogen functional groups attached to an aromatic ring is 1. The molecule has 1 aromatic rings. The maximum atomic E-state index is 12.0. The number of rotatable bonds is 3. The first-order chi connectivity index (χ1) is 6.88. The molecule has 15 heavy (non-hydrogen) atoms. The summed E-state index contributed by atoms with van der Waals surface area (Å²) in [6.45, 7) is -0.0625. The van der Waals surface area contributed by atoms with E-state index in [1.807, 2.05) is 0 Å². The second-order valence-corrected chi connectivity index (χ2v) is 3.38. The van der Waals surface area contributed by atoms with Crippen LogP contribution in [0, 0.1) is 0 Å². The SMILES string of the molecule is CN(CCC(F)(F)F)c1cccc(N)c1.